The lowest BCUT2D eigenvalue weighted by molar-refractivity contribution is -0.126. The Hall–Kier alpha value is -2.28. The van der Waals surface area contributed by atoms with Crippen LogP contribution in [0.5, 0.6) is 0 Å². The lowest BCUT2D eigenvalue weighted by atomic mass is 10.2. The van der Waals surface area contributed by atoms with Crippen LogP contribution in [0, 0.1) is 11.6 Å². The molecule has 0 fully saturated rings. The highest BCUT2D eigenvalue weighted by Gasteiger charge is 2.16. The van der Waals surface area contributed by atoms with Crippen LogP contribution < -0.4 is 5.32 Å². The molecule has 110 valence electrons. The van der Waals surface area contributed by atoms with E-state index in [9.17, 15) is 13.6 Å². The average molecular weight is 310 g/mol. The van der Waals surface area contributed by atoms with Crippen LogP contribution in [-0.4, -0.2) is 18.2 Å². The highest BCUT2D eigenvalue weighted by Crippen LogP contribution is 2.15. The summed E-state index contributed by atoms with van der Waals surface area (Å²) in [5.41, 5.74) is -0.112. The molecule has 21 heavy (non-hydrogen) atoms. The fourth-order valence-electron chi connectivity index (χ4n) is 1.41. The Morgan fingerprint density at radius 2 is 2.24 bits per heavy atom. The zero-order valence-electron chi connectivity index (χ0n) is 11.0. The number of carbonyl (C=O) groups is 1. The average Bonchev–Trinajstić information content (AvgIpc) is 2.95. The van der Waals surface area contributed by atoms with Gasteiger partial charge in [-0.3, -0.25) is 4.79 Å². The van der Waals surface area contributed by atoms with Gasteiger partial charge in [-0.25, -0.2) is 8.78 Å². The number of amides is 1. The van der Waals surface area contributed by atoms with Gasteiger partial charge in [0.25, 0.3) is 5.91 Å². The first kappa shape index (κ1) is 15.1. The van der Waals surface area contributed by atoms with E-state index in [1.807, 2.05) is 17.5 Å². The van der Waals surface area contributed by atoms with Crippen molar-refractivity contribution in [1.29, 1.82) is 0 Å². The van der Waals surface area contributed by atoms with Crippen molar-refractivity contribution in [3.05, 3.63) is 52.2 Å². The van der Waals surface area contributed by atoms with Crippen LogP contribution in [-0.2, 0) is 9.63 Å². The molecule has 0 aliphatic rings. The number of anilines is 1. The van der Waals surface area contributed by atoms with Crippen LogP contribution >= 0.6 is 11.3 Å². The molecule has 0 aliphatic heterocycles. The molecule has 4 nitrogen and oxygen atoms in total. The second-order valence-electron chi connectivity index (χ2n) is 4.11. The Balaban J connectivity index is 1.90. The minimum Gasteiger partial charge on any atom is -0.383 e. The van der Waals surface area contributed by atoms with Crippen molar-refractivity contribution in [3.8, 4) is 0 Å². The zero-order chi connectivity index (χ0) is 15.2. The highest BCUT2D eigenvalue weighted by atomic mass is 32.1. The van der Waals surface area contributed by atoms with Gasteiger partial charge in [0.15, 0.2) is 0 Å². The van der Waals surface area contributed by atoms with Crippen molar-refractivity contribution in [2.45, 2.75) is 13.0 Å². The van der Waals surface area contributed by atoms with Crippen molar-refractivity contribution < 1.29 is 18.4 Å². The second kappa shape index (κ2) is 6.94. The van der Waals surface area contributed by atoms with E-state index in [0.29, 0.717) is 6.07 Å². The first-order chi connectivity index (χ1) is 10.1. The van der Waals surface area contributed by atoms with Gasteiger partial charge in [-0.15, -0.1) is 11.3 Å². The molecule has 1 unspecified atom stereocenters. The van der Waals surface area contributed by atoms with Gasteiger partial charge in [0.05, 0.1) is 11.9 Å². The number of thiophene rings is 1. The maximum atomic E-state index is 13.4. The van der Waals surface area contributed by atoms with Gasteiger partial charge in [0.1, 0.15) is 11.6 Å². The monoisotopic (exact) mass is 310 g/mol. The third kappa shape index (κ3) is 4.35. The fraction of sp³-hybridized carbons (Fsp3) is 0.143. The van der Waals surface area contributed by atoms with E-state index in [-0.39, 0.29) is 5.69 Å². The molecule has 0 aliphatic carbocycles. The summed E-state index contributed by atoms with van der Waals surface area (Å²) in [6.07, 6.45) is 0.568. The van der Waals surface area contributed by atoms with Gasteiger partial charge in [-0.05, 0) is 30.5 Å². The molecule has 0 bridgehead atoms. The first-order valence-corrected chi connectivity index (χ1v) is 6.93. The minimum atomic E-state index is -0.911. The Kier molecular flexibility index (Phi) is 4.99. The number of halogens is 2. The van der Waals surface area contributed by atoms with E-state index in [2.05, 4.69) is 10.5 Å². The smallest absolute Gasteiger partial charge is 0.268 e. The summed E-state index contributed by atoms with van der Waals surface area (Å²) in [4.78, 5) is 17.6. The fourth-order valence-corrected chi connectivity index (χ4v) is 1.99. The zero-order valence-corrected chi connectivity index (χ0v) is 11.9. The number of nitrogens with zero attached hydrogens (tertiary/aromatic N) is 1. The van der Waals surface area contributed by atoms with Gasteiger partial charge in [0.2, 0.25) is 6.10 Å². The molecule has 0 saturated carbocycles. The van der Waals surface area contributed by atoms with Crippen LogP contribution in [0.4, 0.5) is 14.5 Å². The SMILES string of the molecule is CC(O/N=C/c1cccs1)C(=O)Nc1ccc(F)cc1F. The van der Waals surface area contributed by atoms with E-state index in [1.165, 1.54) is 24.5 Å². The lowest BCUT2D eigenvalue weighted by Crippen LogP contribution is -2.26. The number of hydrogen-bond donors (Lipinski definition) is 1. The summed E-state index contributed by atoms with van der Waals surface area (Å²) in [5.74, 6) is -2.14. The molecule has 2 aromatic rings. The van der Waals surface area contributed by atoms with Crippen LogP contribution in [0.3, 0.4) is 0 Å². The number of nitrogens with one attached hydrogen (secondary N) is 1. The molecule has 1 heterocycles. The van der Waals surface area contributed by atoms with Crippen LogP contribution in [0.1, 0.15) is 11.8 Å². The third-order valence-corrected chi connectivity index (χ3v) is 3.31. The van der Waals surface area contributed by atoms with E-state index in [0.717, 1.165) is 17.0 Å². The Morgan fingerprint density at radius 1 is 1.43 bits per heavy atom. The summed E-state index contributed by atoms with van der Waals surface area (Å²) < 4.78 is 26.1. The van der Waals surface area contributed by atoms with E-state index >= 15 is 0 Å². The first-order valence-electron chi connectivity index (χ1n) is 6.05. The standard InChI is InChI=1S/C14H12F2N2O2S/c1-9(20-17-8-11-3-2-6-21-11)14(19)18-13-5-4-10(15)7-12(13)16/h2-9H,1H3,(H,18,19)/b17-8+. The predicted octanol–water partition coefficient (Wildman–Crippen LogP) is 3.40. The summed E-state index contributed by atoms with van der Waals surface area (Å²) in [6, 6.07) is 6.59. The van der Waals surface area contributed by atoms with E-state index < -0.39 is 23.6 Å². The highest BCUT2D eigenvalue weighted by molar-refractivity contribution is 7.11. The van der Waals surface area contributed by atoms with Crippen molar-refractivity contribution in [2.24, 2.45) is 5.16 Å². The van der Waals surface area contributed by atoms with Gasteiger partial charge in [-0.2, -0.15) is 0 Å². The van der Waals surface area contributed by atoms with Gasteiger partial charge < -0.3 is 10.2 Å². The molecule has 1 amide bonds. The second-order valence-corrected chi connectivity index (χ2v) is 5.09. The van der Waals surface area contributed by atoms with Crippen molar-refractivity contribution in [1.82, 2.24) is 0 Å². The summed E-state index contributed by atoms with van der Waals surface area (Å²) in [5, 5.41) is 7.87. The third-order valence-electron chi connectivity index (χ3n) is 2.50. The van der Waals surface area contributed by atoms with Crippen molar-refractivity contribution in [2.75, 3.05) is 5.32 Å². The molecule has 0 spiro atoms. The summed E-state index contributed by atoms with van der Waals surface area (Å²) in [6.45, 7) is 1.47. The molecule has 2 rings (SSSR count). The predicted molar refractivity (Wildman–Crippen MR) is 77.4 cm³/mol. The van der Waals surface area contributed by atoms with Gasteiger partial charge >= 0.3 is 0 Å². The summed E-state index contributed by atoms with van der Waals surface area (Å²) in [7, 11) is 0. The molecular formula is C14H12F2N2O2S. The number of benzene rings is 1. The van der Waals surface area contributed by atoms with Crippen molar-refractivity contribution >= 4 is 29.1 Å². The van der Waals surface area contributed by atoms with Crippen molar-refractivity contribution in [3.63, 3.8) is 0 Å². The van der Waals surface area contributed by atoms with Gasteiger partial charge in [-0.1, -0.05) is 11.2 Å². The Labute approximate surface area is 124 Å². The molecule has 7 heteroatoms. The lowest BCUT2D eigenvalue weighted by Gasteiger charge is -2.10. The summed E-state index contributed by atoms with van der Waals surface area (Å²) >= 11 is 1.47. The van der Waals surface area contributed by atoms with Crippen LogP contribution in [0.25, 0.3) is 0 Å². The number of oxime groups is 1. The van der Waals surface area contributed by atoms with Crippen LogP contribution in [0.15, 0.2) is 40.9 Å². The topological polar surface area (TPSA) is 50.7 Å². The maximum absolute atomic E-state index is 13.4. The number of rotatable bonds is 5. The molecule has 1 atom stereocenters. The minimum absolute atomic E-state index is 0.112. The normalized spacial score (nSPS) is 12.3. The number of carbonyl (C=O) groups excluding carboxylic acids is 1. The maximum Gasteiger partial charge on any atom is 0.268 e. The molecule has 0 saturated heterocycles. The quantitative estimate of drug-likeness (QED) is 0.679. The molecule has 1 aromatic carbocycles. The molecular weight excluding hydrogens is 298 g/mol. The largest absolute Gasteiger partial charge is 0.383 e. The molecule has 1 N–H and O–H groups in total. The molecule has 1 aromatic heterocycles. The molecule has 0 radical (unpaired) electrons. The Morgan fingerprint density at radius 3 is 2.90 bits per heavy atom. The number of hydrogen-bond acceptors (Lipinski definition) is 4. The van der Waals surface area contributed by atoms with Crippen LogP contribution in [0.2, 0.25) is 0 Å². The van der Waals surface area contributed by atoms with Gasteiger partial charge in [0, 0.05) is 10.9 Å². The van der Waals surface area contributed by atoms with E-state index in [4.69, 9.17) is 4.84 Å². The van der Waals surface area contributed by atoms with E-state index in [1.54, 1.807) is 0 Å². The Bertz CT molecular complexity index is 644.